The lowest BCUT2D eigenvalue weighted by Gasteiger charge is -2.18. The number of carbonyl (C=O) groups is 2. The van der Waals surface area contributed by atoms with Gasteiger partial charge in [0.05, 0.1) is 10.9 Å². The van der Waals surface area contributed by atoms with Crippen molar-refractivity contribution in [2.45, 2.75) is 24.3 Å². The summed E-state index contributed by atoms with van der Waals surface area (Å²) >= 11 is 7.21. The molecule has 1 atom stereocenters. The number of rotatable bonds is 5. The van der Waals surface area contributed by atoms with Gasteiger partial charge in [-0.05, 0) is 24.1 Å². The molecule has 0 unspecified atom stereocenters. The Morgan fingerprint density at radius 3 is 2.74 bits per heavy atom. The van der Waals surface area contributed by atoms with Gasteiger partial charge in [-0.15, -0.1) is 10.2 Å². The van der Waals surface area contributed by atoms with E-state index in [0.717, 1.165) is 5.69 Å². The Kier molecular flexibility index (Phi) is 5.62. The summed E-state index contributed by atoms with van der Waals surface area (Å²) in [6, 6.07) is 6.32. The van der Waals surface area contributed by atoms with Crippen LogP contribution in [0.15, 0.2) is 35.7 Å². The van der Waals surface area contributed by atoms with Gasteiger partial charge in [0.2, 0.25) is 5.91 Å². The third-order valence-corrected chi connectivity index (χ3v) is 4.68. The van der Waals surface area contributed by atoms with Crippen LogP contribution >= 0.6 is 23.4 Å². The summed E-state index contributed by atoms with van der Waals surface area (Å²) in [7, 11) is 0. The van der Waals surface area contributed by atoms with Gasteiger partial charge in [0, 0.05) is 5.02 Å². The molecule has 1 aromatic carbocycles. The first kappa shape index (κ1) is 17.3. The molecule has 0 aliphatic heterocycles. The van der Waals surface area contributed by atoms with Crippen LogP contribution in [0.5, 0.6) is 0 Å². The zero-order valence-electron chi connectivity index (χ0n) is 12.6. The zero-order chi connectivity index (χ0) is 17.0. The Morgan fingerprint density at radius 2 is 2.13 bits per heavy atom. The van der Waals surface area contributed by atoms with Crippen LogP contribution < -0.4 is 11.1 Å². The molecule has 3 N–H and O–H groups in total. The van der Waals surface area contributed by atoms with Crippen LogP contribution in [-0.2, 0) is 4.79 Å². The summed E-state index contributed by atoms with van der Waals surface area (Å²) in [5, 5.41) is 10.6. The predicted molar refractivity (Wildman–Crippen MR) is 88.6 cm³/mol. The quantitative estimate of drug-likeness (QED) is 0.802. The Morgan fingerprint density at radius 1 is 1.39 bits per heavy atom. The number of nitrogens with two attached hydrogens (primary N) is 1. The minimum atomic E-state index is -0.877. The minimum Gasteiger partial charge on any atom is -0.351 e. The number of primary amides is 1. The molecule has 0 aliphatic carbocycles. The molecule has 0 spiro atoms. The van der Waals surface area contributed by atoms with E-state index in [0.29, 0.717) is 10.2 Å². The van der Waals surface area contributed by atoms with Crippen molar-refractivity contribution >= 4 is 35.3 Å². The van der Waals surface area contributed by atoms with Crippen LogP contribution in [0.2, 0.25) is 5.02 Å². The van der Waals surface area contributed by atoms with E-state index in [1.807, 2.05) is 26.0 Å². The Bertz CT molecular complexity index is 719. The Balaban J connectivity index is 2.27. The third kappa shape index (κ3) is 4.46. The molecule has 0 radical (unpaired) electrons. The van der Waals surface area contributed by atoms with E-state index in [4.69, 9.17) is 17.3 Å². The van der Waals surface area contributed by atoms with Gasteiger partial charge in [0.15, 0.2) is 5.16 Å². The number of benzene rings is 1. The van der Waals surface area contributed by atoms with E-state index >= 15 is 0 Å². The molecular formula is C14H16ClN5O2S. The number of thioether (sulfide) groups is 1. The lowest BCUT2D eigenvalue weighted by Crippen LogP contribution is -2.42. The number of hydrogen-bond acceptors (Lipinski definition) is 5. The summed E-state index contributed by atoms with van der Waals surface area (Å²) in [4.78, 5) is 23.0. The van der Waals surface area contributed by atoms with Crippen molar-refractivity contribution < 1.29 is 9.59 Å². The summed E-state index contributed by atoms with van der Waals surface area (Å²) in [6.07, 6.45) is 1.54. The van der Waals surface area contributed by atoms with Crippen molar-refractivity contribution in [2.24, 2.45) is 11.7 Å². The number of nitrogens with one attached hydrogen (secondary N) is 1. The van der Waals surface area contributed by atoms with Gasteiger partial charge in [0.1, 0.15) is 6.33 Å². The molecule has 0 fully saturated rings. The molecule has 9 heteroatoms. The van der Waals surface area contributed by atoms with E-state index < -0.39 is 17.2 Å². The van der Waals surface area contributed by atoms with E-state index in [1.54, 1.807) is 16.7 Å². The summed E-state index contributed by atoms with van der Waals surface area (Å²) < 4.78 is 1.73. The predicted octanol–water partition coefficient (Wildman–Crippen LogP) is 2.23. The molecule has 122 valence electrons. The van der Waals surface area contributed by atoms with Crippen molar-refractivity contribution in [3.8, 4) is 5.69 Å². The van der Waals surface area contributed by atoms with Crippen LogP contribution in [0.3, 0.4) is 0 Å². The Hall–Kier alpha value is -2.06. The minimum absolute atomic E-state index is 0.0381. The molecule has 1 aromatic heterocycles. The zero-order valence-corrected chi connectivity index (χ0v) is 14.1. The number of hydrogen-bond donors (Lipinski definition) is 2. The largest absolute Gasteiger partial charge is 0.351 e. The second-order valence-electron chi connectivity index (χ2n) is 5.10. The molecule has 23 heavy (non-hydrogen) atoms. The maximum atomic E-state index is 12.1. The standard InChI is InChI=1S/C14H16ClN5O2S/c1-8(2)11(12(21)18-13(16)22)23-14-19-17-7-20(14)10-5-3-4-9(15)6-10/h3-8,11H,1-2H3,(H3,16,18,21,22)/t11-/m1/s1. The van der Waals surface area contributed by atoms with Gasteiger partial charge in [-0.2, -0.15) is 0 Å². The number of halogens is 1. The topological polar surface area (TPSA) is 103 Å². The van der Waals surface area contributed by atoms with Crippen molar-refractivity contribution in [1.82, 2.24) is 20.1 Å². The normalized spacial score (nSPS) is 12.2. The first-order valence-electron chi connectivity index (χ1n) is 6.81. The highest BCUT2D eigenvalue weighted by Crippen LogP contribution is 2.29. The lowest BCUT2D eigenvalue weighted by molar-refractivity contribution is -0.120. The molecule has 2 rings (SSSR count). The fraction of sp³-hybridized carbons (Fsp3) is 0.286. The molecule has 2 aromatic rings. The van der Waals surface area contributed by atoms with Crippen LogP contribution in [0.25, 0.3) is 5.69 Å². The van der Waals surface area contributed by atoms with E-state index in [2.05, 4.69) is 15.5 Å². The van der Waals surface area contributed by atoms with Crippen LogP contribution in [0.4, 0.5) is 4.79 Å². The van der Waals surface area contributed by atoms with Crippen LogP contribution in [-0.4, -0.2) is 32.0 Å². The molecule has 0 saturated carbocycles. The average molecular weight is 354 g/mol. The molecule has 0 aliphatic rings. The number of aromatic nitrogens is 3. The van der Waals surface area contributed by atoms with Crippen molar-refractivity contribution in [3.63, 3.8) is 0 Å². The fourth-order valence-corrected chi connectivity index (χ4v) is 3.12. The molecular weight excluding hydrogens is 338 g/mol. The summed E-state index contributed by atoms with van der Waals surface area (Å²) in [5.74, 6) is -0.498. The number of nitrogens with zero attached hydrogens (tertiary/aromatic N) is 3. The maximum Gasteiger partial charge on any atom is 0.318 e. The molecule has 0 saturated heterocycles. The van der Waals surface area contributed by atoms with E-state index in [1.165, 1.54) is 18.1 Å². The first-order chi connectivity index (χ1) is 10.9. The van der Waals surface area contributed by atoms with E-state index in [-0.39, 0.29) is 5.92 Å². The highest BCUT2D eigenvalue weighted by molar-refractivity contribution is 8.00. The van der Waals surface area contributed by atoms with E-state index in [9.17, 15) is 9.59 Å². The molecule has 7 nitrogen and oxygen atoms in total. The summed E-state index contributed by atoms with van der Waals surface area (Å²) in [6.45, 7) is 3.75. The van der Waals surface area contributed by atoms with Crippen LogP contribution in [0.1, 0.15) is 13.8 Å². The number of amides is 3. The van der Waals surface area contributed by atoms with Gasteiger partial charge in [0.25, 0.3) is 0 Å². The monoisotopic (exact) mass is 353 g/mol. The smallest absolute Gasteiger partial charge is 0.318 e. The molecule has 0 bridgehead atoms. The van der Waals surface area contributed by atoms with Crippen molar-refractivity contribution in [2.75, 3.05) is 0 Å². The van der Waals surface area contributed by atoms with Gasteiger partial charge in [-0.1, -0.05) is 43.3 Å². The average Bonchev–Trinajstić information content (AvgIpc) is 2.91. The fourth-order valence-electron chi connectivity index (χ4n) is 1.91. The van der Waals surface area contributed by atoms with Gasteiger partial charge < -0.3 is 5.73 Å². The van der Waals surface area contributed by atoms with Gasteiger partial charge in [-0.25, -0.2) is 4.79 Å². The van der Waals surface area contributed by atoms with Crippen LogP contribution in [0, 0.1) is 5.92 Å². The van der Waals surface area contributed by atoms with Gasteiger partial charge >= 0.3 is 6.03 Å². The second kappa shape index (κ2) is 7.47. The van der Waals surface area contributed by atoms with Crippen molar-refractivity contribution in [1.29, 1.82) is 0 Å². The maximum absolute atomic E-state index is 12.1. The first-order valence-corrected chi connectivity index (χ1v) is 8.07. The molecule has 3 amide bonds. The summed E-state index contributed by atoms with van der Waals surface area (Å²) in [5.41, 5.74) is 5.79. The Labute approximate surface area is 142 Å². The van der Waals surface area contributed by atoms with Crippen molar-refractivity contribution in [3.05, 3.63) is 35.6 Å². The van der Waals surface area contributed by atoms with Gasteiger partial charge in [-0.3, -0.25) is 14.7 Å². The number of urea groups is 1. The number of carbonyl (C=O) groups excluding carboxylic acids is 2. The highest BCUT2D eigenvalue weighted by Gasteiger charge is 2.26. The highest BCUT2D eigenvalue weighted by atomic mass is 35.5. The number of imide groups is 1. The molecule has 1 heterocycles. The lowest BCUT2D eigenvalue weighted by atomic mass is 10.1. The second-order valence-corrected chi connectivity index (χ2v) is 6.64. The SMILES string of the molecule is CC(C)[C@@H](Sc1nncn1-c1cccc(Cl)c1)C(=O)NC(N)=O. The third-order valence-electron chi connectivity index (χ3n) is 2.95.